The molecule has 24 heavy (non-hydrogen) atoms. The van der Waals surface area contributed by atoms with E-state index in [0.29, 0.717) is 26.3 Å². The van der Waals surface area contributed by atoms with Gasteiger partial charge in [-0.2, -0.15) is 0 Å². The maximum Gasteiger partial charge on any atom is 0.347 e. The van der Waals surface area contributed by atoms with Crippen molar-refractivity contribution < 1.29 is 9.90 Å². The number of carbonyl (C=O) groups is 1. The molecule has 0 saturated carbocycles. The summed E-state index contributed by atoms with van der Waals surface area (Å²) >= 11 is 12.8. The predicted octanol–water partition coefficient (Wildman–Crippen LogP) is 4.24. The fraction of sp³-hybridized carbons (Fsp3) is 0.0625. The summed E-state index contributed by atoms with van der Waals surface area (Å²) in [5, 5.41) is 9.94. The second kappa shape index (κ2) is 6.39. The summed E-state index contributed by atoms with van der Waals surface area (Å²) in [5.41, 5.74) is 1.42. The molecule has 0 bridgehead atoms. The lowest BCUT2D eigenvalue weighted by Crippen LogP contribution is -2.17. The fourth-order valence-electron chi connectivity index (χ4n) is 2.10. The van der Waals surface area contributed by atoms with Crippen LogP contribution in [0.15, 0.2) is 29.2 Å². The molecule has 0 spiro atoms. The molecule has 2 heterocycles. The Morgan fingerprint density at radius 1 is 1.29 bits per heavy atom. The molecule has 0 aliphatic rings. The molecular weight excluding hydrogens is 371 g/mol. The minimum Gasteiger partial charge on any atom is -0.477 e. The quantitative estimate of drug-likeness (QED) is 0.737. The van der Waals surface area contributed by atoms with Crippen molar-refractivity contribution in [3.8, 4) is 0 Å². The molecule has 3 rings (SSSR count). The van der Waals surface area contributed by atoms with Crippen LogP contribution in [0.3, 0.4) is 0 Å². The summed E-state index contributed by atoms with van der Waals surface area (Å²) in [5.74, 6) is -1.09. The Hall–Kier alpha value is -2.15. The van der Waals surface area contributed by atoms with E-state index in [1.54, 1.807) is 37.3 Å². The second-order valence-electron chi connectivity index (χ2n) is 4.99. The number of nitrogens with zero attached hydrogens (tertiary/aromatic N) is 2. The van der Waals surface area contributed by atoms with Gasteiger partial charge in [-0.15, -0.1) is 0 Å². The molecule has 0 atom stereocenters. The molecule has 1 N–H and O–H groups in total. The summed E-state index contributed by atoms with van der Waals surface area (Å²) < 4.78 is 1.25. The number of carboxylic acids is 1. The number of hydrogen-bond donors (Lipinski definition) is 1. The van der Waals surface area contributed by atoms with Gasteiger partial charge in [0.15, 0.2) is 4.96 Å². The second-order valence-corrected chi connectivity index (χ2v) is 6.81. The molecule has 0 aliphatic heterocycles. The van der Waals surface area contributed by atoms with Gasteiger partial charge in [0, 0.05) is 11.8 Å². The molecule has 3 aromatic rings. The monoisotopic (exact) mass is 380 g/mol. The smallest absolute Gasteiger partial charge is 0.347 e. The van der Waals surface area contributed by atoms with Crippen LogP contribution < -0.4 is 5.56 Å². The van der Waals surface area contributed by atoms with E-state index in [0.717, 1.165) is 16.9 Å². The van der Waals surface area contributed by atoms with Crippen LogP contribution in [0.1, 0.15) is 26.5 Å². The van der Waals surface area contributed by atoms with Gasteiger partial charge in [0.05, 0.1) is 15.7 Å². The molecule has 8 heteroatoms. The summed E-state index contributed by atoms with van der Waals surface area (Å²) in [6.45, 7) is 1.65. The molecule has 0 saturated heterocycles. The van der Waals surface area contributed by atoms with Gasteiger partial charge in [-0.3, -0.25) is 9.20 Å². The Bertz CT molecular complexity index is 1050. The highest BCUT2D eigenvalue weighted by Crippen LogP contribution is 2.24. The van der Waals surface area contributed by atoms with Crippen LogP contribution in [0.4, 0.5) is 0 Å². The maximum atomic E-state index is 12.4. The SMILES string of the molecule is Cc1c(/C=C/c2ccc(Cl)c(Cl)c2)nc2sc(C(=O)O)cn2c1=O. The Kier molecular flexibility index (Phi) is 4.45. The third-order valence-corrected chi connectivity index (χ3v) is 5.09. The van der Waals surface area contributed by atoms with E-state index in [1.165, 1.54) is 10.6 Å². The maximum absolute atomic E-state index is 12.4. The molecular formula is C16H10Cl2N2O3S. The molecule has 0 fully saturated rings. The van der Waals surface area contributed by atoms with Crippen LogP contribution in [-0.2, 0) is 0 Å². The van der Waals surface area contributed by atoms with Crippen molar-refractivity contribution in [2.75, 3.05) is 0 Å². The van der Waals surface area contributed by atoms with Crippen LogP contribution in [0.25, 0.3) is 17.1 Å². The first-order valence-corrected chi connectivity index (χ1v) is 8.33. The number of hydrogen-bond acceptors (Lipinski definition) is 4. The van der Waals surface area contributed by atoms with Crippen LogP contribution in [0, 0.1) is 6.92 Å². The Labute approximate surface area is 150 Å². The number of benzene rings is 1. The number of fused-ring (bicyclic) bond motifs is 1. The van der Waals surface area contributed by atoms with Crippen LogP contribution >= 0.6 is 34.5 Å². The van der Waals surface area contributed by atoms with E-state index >= 15 is 0 Å². The summed E-state index contributed by atoms with van der Waals surface area (Å²) in [6, 6.07) is 5.17. The highest BCUT2D eigenvalue weighted by atomic mass is 35.5. The fourth-order valence-corrected chi connectivity index (χ4v) is 3.22. The van der Waals surface area contributed by atoms with Crippen LogP contribution in [-0.4, -0.2) is 20.5 Å². The van der Waals surface area contributed by atoms with E-state index in [4.69, 9.17) is 28.3 Å². The first kappa shape index (κ1) is 16.7. The molecule has 1 aromatic carbocycles. The lowest BCUT2D eigenvalue weighted by Gasteiger charge is -2.01. The largest absolute Gasteiger partial charge is 0.477 e. The lowest BCUT2D eigenvalue weighted by atomic mass is 10.1. The van der Waals surface area contributed by atoms with Crippen molar-refractivity contribution >= 4 is 57.6 Å². The molecule has 0 radical (unpaired) electrons. The van der Waals surface area contributed by atoms with E-state index in [9.17, 15) is 9.59 Å². The van der Waals surface area contributed by atoms with Gasteiger partial charge in [-0.1, -0.05) is 46.7 Å². The zero-order chi connectivity index (χ0) is 17.4. The third-order valence-electron chi connectivity index (χ3n) is 3.38. The van der Waals surface area contributed by atoms with Crippen molar-refractivity contribution in [1.29, 1.82) is 0 Å². The highest BCUT2D eigenvalue weighted by molar-refractivity contribution is 7.18. The van der Waals surface area contributed by atoms with Crippen molar-refractivity contribution in [2.24, 2.45) is 0 Å². The van der Waals surface area contributed by atoms with Gasteiger partial charge in [-0.25, -0.2) is 9.78 Å². The van der Waals surface area contributed by atoms with E-state index in [1.807, 2.05) is 0 Å². The zero-order valence-corrected chi connectivity index (χ0v) is 14.6. The minimum atomic E-state index is -1.09. The minimum absolute atomic E-state index is 0.0598. The van der Waals surface area contributed by atoms with Gasteiger partial charge >= 0.3 is 5.97 Å². The Morgan fingerprint density at radius 3 is 2.71 bits per heavy atom. The Morgan fingerprint density at radius 2 is 2.04 bits per heavy atom. The van der Waals surface area contributed by atoms with Gasteiger partial charge in [0.1, 0.15) is 4.88 Å². The number of carboxylic acid groups (broad SMARTS) is 1. The number of thiazole rings is 1. The molecule has 0 aliphatic carbocycles. The molecule has 122 valence electrons. The van der Waals surface area contributed by atoms with Crippen molar-refractivity contribution in [3.63, 3.8) is 0 Å². The molecule has 0 amide bonds. The van der Waals surface area contributed by atoms with E-state index < -0.39 is 5.97 Å². The van der Waals surface area contributed by atoms with Gasteiger partial charge < -0.3 is 5.11 Å². The van der Waals surface area contributed by atoms with Gasteiger partial charge in [-0.05, 0) is 30.7 Å². The first-order valence-electron chi connectivity index (χ1n) is 6.76. The first-order chi connectivity index (χ1) is 11.4. The molecule has 0 unspecified atom stereocenters. The average Bonchev–Trinajstić information content (AvgIpc) is 2.97. The number of aromatic nitrogens is 2. The molecule has 2 aromatic heterocycles. The number of rotatable bonds is 3. The Balaban J connectivity index is 2.07. The summed E-state index contributed by atoms with van der Waals surface area (Å²) in [4.78, 5) is 28.2. The topological polar surface area (TPSA) is 71.7 Å². The standard InChI is InChI=1S/C16H10Cl2N2O3S/c1-8-12(5-3-9-2-4-10(17)11(18)6-9)19-16-20(14(8)21)7-13(24-16)15(22)23/h2-7H,1H3,(H,22,23)/b5-3+. The number of aromatic carboxylic acids is 1. The van der Waals surface area contributed by atoms with Gasteiger partial charge in [0.2, 0.25) is 0 Å². The third kappa shape index (κ3) is 3.08. The predicted molar refractivity (Wildman–Crippen MR) is 96.4 cm³/mol. The van der Waals surface area contributed by atoms with Crippen molar-refractivity contribution in [2.45, 2.75) is 6.92 Å². The normalized spacial score (nSPS) is 11.5. The zero-order valence-electron chi connectivity index (χ0n) is 12.3. The van der Waals surface area contributed by atoms with Crippen LogP contribution in [0.2, 0.25) is 10.0 Å². The van der Waals surface area contributed by atoms with Crippen LogP contribution in [0.5, 0.6) is 0 Å². The highest BCUT2D eigenvalue weighted by Gasteiger charge is 2.13. The van der Waals surface area contributed by atoms with E-state index in [2.05, 4.69) is 4.98 Å². The summed E-state index contributed by atoms with van der Waals surface area (Å²) in [7, 11) is 0. The lowest BCUT2D eigenvalue weighted by molar-refractivity contribution is 0.0702. The molecule has 5 nitrogen and oxygen atoms in total. The van der Waals surface area contributed by atoms with E-state index in [-0.39, 0.29) is 10.4 Å². The van der Waals surface area contributed by atoms with Crippen molar-refractivity contribution in [1.82, 2.24) is 9.38 Å². The summed E-state index contributed by atoms with van der Waals surface area (Å²) in [6.07, 6.45) is 4.74. The number of halogens is 2. The average molecular weight is 381 g/mol. The van der Waals surface area contributed by atoms with Gasteiger partial charge in [0.25, 0.3) is 5.56 Å². The van der Waals surface area contributed by atoms with Crippen molar-refractivity contribution in [3.05, 3.63) is 66.5 Å².